The number of hydrogen-bond donors (Lipinski definition) is 0. The van der Waals surface area contributed by atoms with Crippen molar-refractivity contribution in [2.75, 3.05) is 6.61 Å². The molecular weight excluding hydrogens is 319 g/mol. The summed E-state index contributed by atoms with van der Waals surface area (Å²) >= 11 is 0. The Kier molecular flexibility index (Phi) is 3.57. The van der Waals surface area contributed by atoms with Gasteiger partial charge in [-0.05, 0) is 35.4 Å². The van der Waals surface area contributed by atoms with Crippen LogP contribution in [0.3, 0.4) is 0 Å². The molecule has 0 radical (unpaired) electrons. The molecule has 0 saturated heterocycles. The zero-order chi connectivity index (χ0) is 16.7. The van der Waals surface area contributed by atoms with E-state index in [1.807, 2.05) is 30.3 Å². The van der Waals surface area contributed by atoms with E-state index in [4.69, 9.17) is 9.47 Å². The Labute approximate surface area is 136 Å². The standard InChI is InChI=1S/C18H14F3NO2/c19-18(20,21)13-6-7-14-12(8-13)9-23-10-15-16(14)22-17(24-15)11-4-2-1-3-5-11/h1-8,15-16H,9-10H2/t15-,16+/m1/s1. The molecule has 24 heavy (non-hydrogen) atoms. The summed E-state index contributed by atoms with van der Waals surface area (Å²) in [7, 11) is 0. The predicted octanol–water partition coefficient (Wildman–Crippen LogP) is 4.12. The monoisotopic (exact) mass is 333 g/mol. The molecule has 0 spiro atoms. The summed E-state index contributed by atoms with van der Waals surface area (Å²) in [6.45, 7) is 0.423. The van der Waals surface area contributed by atoms with Crippen molar-refractivity contribution in [3.63, 3.8) is 0 Å². The molecule has 3 nitrogen and oxygen atoms in total. The minimum Gasteiger partial charge on any atom is -0.469 e. The van der Waals surface area contributed by atoms with Crippen LogP contribution in [-0.2, 0) is 22.3 Å². The highest BCUT2D eigenvalue weighted by molar-refractivity contribution is 5.95. The number of hydrogen-bond acceptors (Lipinski definition) is 3. The molecule has 2 aromatic rings. The van der Waals surface area contributed by atoms with E-state index in [0.29, 0.717) is 18.1 Å². The summed E-state index contributed by atoms with van der Waals surface area (Å²) in [5, 5.41) is 0. The Balaban J connectivity index is 1.73. The second kappa shape index (κ2) is 5.63. The number of ether oxygens (including phenoxy) is 2. The van der Waals surface area contributed by atoms with Crippen LogP contribution in [0.2, 0.25) is 0 Å². The third-order valence-electron chi connectivity index (χ3n) is 4.22. The van der Waals surface area contributed by atoms with Crippen molar-refractivity contribution in [3.8, 4) is 0 Å². The minimum atomic E-state index is -4.37. The lowest BCUT2D eigenvalue weighted by atomic mass is 9.96. The quantitative estimate of drug-likeness (QED) is 0.786. The number of alkyl halides is 3. The first kappa shape index (κ1) is 15.2. The average Bonchev–Trinajstić information content (AvgIpc) is 2.91. The van der Waals surface area contributed by atoms with Crippen molar-refractivity contribution < 1.29 is 22.6 Å². The molecule has 0 fully saturated rings. The summed E-state index contributed by atoms with van der Waals surface area (Å²) in [5.74, 6) is 0.502. The van der Waals surface area contributed by atoms with Crippen LogP contribution < -0.4 is 0 Å². The van der Waals surface area contributed by atoms with Gasteiger partial charge in [-0.2, -0.15) is 13.2 Å². The van der Waals surface area contributed by atoms with E-state index in [1.165, 1.54) is 6.07 Å². The van der Waals surface area contributed by atoms with Crippen molar-refractivity contribution in [1.29, 1.82) is 0 Å². The molecule has 0 unspecified atom stereocenters. The molecule has 6 heteroatoms. The van der Waals surface area contributed by atoms with E-state index in [0.717, 1.165) is 23.3 Å². The number of benzene rings is 2. The third kappa shape index (κ3) is 2.67. The summed E-state index contributed by atoms with van der Waals surface area (Å²) in [4.78, 5) is 4.61. The normalized spacial score (nSPS) is 22.9. The maximum absolute atomic E-state index is 12.9. The maximum atomic E-state index is 12.9. The van der Waals surface area contributed by atoms with Crippen molar-refractivity contribution in [1.82, 2.24) is 0 Å². The van der Waals surface area contributed by atoms with E-state index in [-0.39, 0.29) is 18.8 Å². The van der Waals surface area contributed by atoms with Crippen LogP contribution in [0.1, 0.15) is 28.3 Å². The Morgan fingerprint density at radius 1 is 1.04 bits per heavy atom. The van der Waals surface area contributed by atoms with Gasteiger partial charge in [-0.15, -0.1) is 0 Å². The van der Waals surface area contributed by atoms with E-state index in [9.17, 15) is 13.2 Å². The van der Waals surface area contributed by atoms with Gasteiger partial charge in [0.05, 0.1) is 18.8 Å². The number of fused-ring (bicyclic) bond motifs is 3. The molecule has 4 rings (SSSR count). The van der Waals surface area contributed by atoms with Gasteiger partial charge < -0.3 is 9.47 Å². The highest BCUT2D eigenvalue weighted by Gasteiger charge is 2.38. The molecule has 2 aliphatic heterocycles. The fraction of sp³-hybridized carbons (Fsp3) is 0.278. The molecule has 0 amide bonds. The van der Waals surface area contributed by atoms with Crippen molar-refractivity contribution in [3.05, 3.63) is 70.8 Å². The van der Waals surface area contributed by atoms with E-state index in [2.05, 4.69) is 4.99 Å². The summed E-state index contributed by atoms with van der Waals surface area (Å²) in [6.07, 6.45) is -4.69. The highest BCUT2D eigenvalue weighted by Crippen LogP contribution is 2.38. The van der Waals surface area contributed by atoms with Crippen LogP contribution in [0, 0.1) is 0 Å². The van der Waals surface area contributed by atoms with Gasteiger partial charge in [0.15, 0.2) is 6.10 Å². The largest absolute Gasteiger partial charge is 0.469 e. The second-order valence-electron chi connectivity index (χ2n) is 5.83. The fourth-order valence-corrected chi connectivity index (χ4v) is 3.05. The number of nitrogens with zero attached hydrogens (tertiary/aromatic N) is 1. The topological polar surface area (TPSA) is 30.8 Å². The van der Waals surface area contributed by atoms with Crippen molar-refractivity contribution in [2.45, 2.75) is 24.9 Å². The van der Waals surface area contributed by atoms with E-state index in [1.54, 1.807) is 0 Å². The van der Waals surface area contributed by atoms with Crippen LogP contribution in [-0.4, -0.2) is 18.6 Å². The molecular formula is C18H14F3NO2. The Hall–Kier alpha value is -2.34. The second-order valence-corrected chi connectivity index (χ2v) is 5.83. The van der Waals surface area contributed by atoms with Gasteiger partial charge in [-0.1, -0.05) is 24.3 Å². The van der Waals surface area contributed by atoms with Gasteiger partial charge in [-0.3, -0.25) is 0 Å². The number of halogens is 3. The fourth-order valence-electron chi connectivity index (χ4n) is 3.05. The first-order chi connectivity index (χ1) is 11.5. The Morgan fingerprint density at radius 2 is 1.83 bits per heavy atom. The summed E-state index contributed by atoms with van der Waals surface area (Å²) in [5.41, 5.74) is 1.42. The lowest BCUT2D eigenvalue weighted by molar-refractivity contribution is -0.137. The molecule has 0 aromatic heterocycles. The Morgan fingerprint density at radius 3 is 2.58 bits per heavy atom. The van der Waals surface area contributed by atoms with Crippen LogP contribution in [0.25, 0.3) is 0 Å². The van der Waals surface area contributed by atoms with Crippen LogP contribution in [0.4, 0.5) is 13.2 Å². The third-order valence-corrected chi connectivity index (χ3v) is 4.22. The zero-order valence-electron chi connectivity index (χ0n) is 12.6. The smallest absolute Gasteiger partial charge is 0.416 e. The summed E-state index contributed by atoms with van der Waals surface area (Å²) in [6, 6.07) is 12.8. The molecule has 0 aliphatic carbocycles. The Bertz CT molecular complexity index is 787. The zero-order valence-corrected chi connectivity index (χ0v) is 12.6. The van der Waals surface area contributed by atoms with Crippen molar-refractivity contribution >= 4 is 5.90 Å². The number of rotatable bonds is 1. The molecule has 124 valence electrons. The first-order valence-electron chi connectivity index (χ1n) is 7.60. The van der Waals surface area contributed by atoms with Gasteiger partial charge in [-0.25, -0.2) is 4.99 Å². The lowest BCUT2D eigenvalue weighted by Gasteiger charge is -2.16. The van der Waals surface area contributed by atoms with Crippen molar-refractivity contribution in [2.24, 2.45) is 4.99 Å². The molecule has 0 bridgehead atoms. The SMILES string of the molecule is FC(F)(F)c1ccc2c(c1)COC[C@H]1OC(c3ccccc3)=N[C@@H]21. The molecule has 2 atom stereocenters. The first-order valence-corrected chi connectivity index (χ1v) is 7.60. The van der Waals surface area contributed by atoms with Gasteiger partial charge in [0.2, 0.25) is 5.90 Å². The lowest BCUT2D eigenvalue weighted by Crippen LogP contribution is -2.21. The van der Waals surface area contributed by atoms with Gasteiger partial charge >= 0.3 is 6.18 Å². The van der Waals surface area contributed by atoms with Gasteiger partial charge in [0.1, 0.15) is 6.04 Å². The van der Waals surface area contributed by atoms with E-state index >= 15 is 0 Å². The highest BCUT2D eigenvalue weighted by atomic mass is 19.4. The molecule has 2 heterocycles. The predicted molar refractivity (Wildman–Crippen MR) is 81.7 cm³/mol. The number of aliphatic imine (C=N–C) groups is 1. The van der Waals surface area contributed by atoms with Crippen LogP contribution in [0.5, 0.6) is 0 Å². The van der Waals surface area contributed by atoms with Crippen LogP contribution >= 0.6 is 0 Å². The van der Waals surface area contributed by atoms with Gasteiger partial charge in [0.25, 0.3) is 0 Å². The van der Waals surface area contributed by atoms with Crippen LogP contribution in [0.15, 0.2) is 53.5 Å². The molecule has 0 saturated carbocycles. The maximum Gasteiger partial charge on any atom is 0.416 e. The van der Waals surface area contributed by atoms with Gasteiger partial charge in [0, 0.05) is 5.56 Å². The van der Waals surface area contributed by atoms with E-state index < -0.39 is 11.7 Å². The summed E-state index contributed by atoms with van der Waals surface area (Å²) < 4.78 is 50.2. The average molecular weight is 333 g/mol. The molecule has 0 N–H and O–H groups in total. The molecule has 2 aliphatic rings. The minimum absolute atomic E-state index is 0.131. The molecule has 2 aromatic carbocycles.